The Hall–Kier alpha value is -1.61. The summed E-state index contributed by atoms with van der Waals surface area (Å²) in [7, 11) is 0. The molecule has 5 heteroatoms. The molecule has 1 aromatic carbocycles. The van der Waals surface area contributed by atoms with Gasteiger partial charge in [0.15, 0.2) is 0 Å². The van der Waals surface area contributed by atoms with Gasteiger partial charge in [-0.2, -0.15) is 5.26 Å². The number of benzene rings is 1. The van der Waals surface area contributed by atoms with Crippen LogP contribution in [0.4, 0.5) is 0 Å². The molecule has 0 spiro atoms. The predicted molar refractivity (Wildman–Crippen MR) is 78.9 cm³/mol. The summed E-state index contributed by atoms with van der Waals surface area (Å²) < 4.78 is 5.53. The van der Waals surface area contributed by atoms with Crippen LogP contribution in [0, 0.1) is 17.2 Å². The Balaban J connectivity index is 1.85. The number of nitriles is 1. The SMILES string of the molecule is CC1CCN(CC(O)COc2ccccc2C#N)C1CO. The zero-order chi connectivity index (χ0) is 15.2. The molecule has 3 unspecified atom stereocenters. The fourth-order valence-electron chi connectivity index (χ4n) is 2.80. The molecule has 1 aliphatic heterocycles. The van der Waals surface area contributed by atoms with Crippen molar-refractivity contribution in [3.8, 4) is 11.8 Å². The molecule has 1 fully saturated rings. The average molecular weight is 290 g/mol. The van der Waals surface area contributed by atoms with E-state index in [1.54, 1.807) is 24.3 Å². The van der Waals surface area contributed by atoms with E-state index in [1.165, 1.54) is 0 Å². The van der Waals surface area contributed by atoms with Gasteiger partial charge in [-0.3, -0.25) is 4.90 Å². The Kier molecular flexibility index (Phi) is 5.57. The molecule has 0 aromatic heterocycles. The first-order valence-corrected chi connectivity index (χ1v) is 7.30. The summed E-state index contributed by atoms with van der Waals surface area (Å²) in [6, 6.07) is 9.16. The van der Waals surface area contributed by atoms with E-state index in [1.807, 2.05) is 0 Å². The third-order valence-corrected chi connectivity index (χ3v) is 4.07. The van der Waals surface area contributed by atoms with Crippen molar-refractivity contribution in [3.05, 3.63) is 29.8 Å². The van der Waals surface area contributed by atoms with Crippen molar-refractivity contribution < 1.29 is 14.9 Å². The van der Waals surface area contributed by atoms with Crippen LogP contribution in [0.5, 0.6) is 5.75 Å². The fraction of sp³-hybridized carbons (Fsp3) is 0.562. The molecule has 114 valence electrons. The molecule has 1 heterocycles. The first-order chi connectivity index (χ1) is 10.2. The minimum absolute atomic E-state index is 0.117. The minimum Gasteiger partial charge on any atom is -0.489 e. The van der Waals surface area contributed by atoms with Crippen LogP contribution in [0.1, 0.15) is 18.9 Å². The highest BCUT2D eigenvalue weighted by atomic mass is 16.5. The number of aliphatic hydroxyl groups excluding tert-OH is 2. The molecule has 1 aliphatic rings. The van der Waals surface area contributed by atoms with Gasteiger partial charge in [-0.15, -0.1) is 0 Å². The number of para-hydroxylation sites is 1. The van der Waals surface area contributed by atoms with Crippen LogP contribution in [0.3, 0.4) is 0 Å². The van der Waals surface area contributed by atoms with E-state index in [4.69, 9.17) is 10.00 Å². The van der Waals surface area contributed by atoms with E-state index in [2.05, 4.69) is 17.9 Å². The quantitative estimate of drug-likeness (QED) is 0.817. The Morgan fingerprint density at radius 2 is 2.24 bits per heavy atom. The van der Waals surface area contributed by atoms with Crippen molar-refractivity contribution in [1.82, 2.24) is 4.90 Å². The van der Waals surface area contributed by atoms with E-state index >= 15 is 0 Å². The molecule has 0 bridgehead atoms. The van der Waals surface area contributed by atoms with Crippen molar-refractivity contribution >= 4 is 0 Å². The van der Waals surface area contributed by atoms with Crippen LogP contribution >= 0.6 is 0 Å². The van der Waals surface area contributed by atoms with Gasteiger partial charge >= 0.3 is 0 Å². The number of rotatable bonds is 6. The second kappa shape index (κ2) is 7.41. The molecule has 0 aliphatic carbocycles. The molecule has 0 saturated carbocycles. The van der Waals surface area contributed by atoms with Crippen LogP contribution in [0.15, 0.2) is 24.3 Å². The number of nitrogens with zero attached hydrogens (tertiary/aromatic N) is 2. The van der Waals surface area contributed by atoms with E-state index in [9.17, 15) is 10.2 Å². The van der Waals surface area contributed by atoms with Crippen LogP contribution in [-0.2, 0) is 0 Å². The molecule has 1 aromatic rings. The molecule has 0 radical (unpaired) electrons. The van der Waals surface area contributed by atoms with Gasteiger partial charge in [0.2, 0.25) is 0 Å². The lowest BCUT2D eigenvalue weighted by Gasteiger charge is -2.27. The zero-order valence-corrected chi connectivity index (χ0v) is 12.3. The van der Waals surface area contributed by atoms with Gasteiger partial charge in [-0.05, 0) is 31.0 Å². The van der Waals surface area contributed by atoms with Gasteiger partial charge < -0.3 is 14.9 Å². The molecule has 2 rings (SSSR count). The third kappa shape index (κ3) is 3.94. The summed E-state index contributed by atoms with van der Waals surface area (Å²) in [5.74, 6) is 0.940. The van der Waals surface area contributed by atoms with Gasteiger partial charge in [0, 0.05) is 12.6 Å². The zero-order valence-electron chi connectivity index (χ0n) is 12.3. The summed E-state index contributed by atoms with van der Waals surface area (Å²) in [5.41, 5.74) is 0.465. The molecule has 2 N–H and O–H groups in total. The topological polar surface area (TPSA) is 76.7 Å². The lowest BCUT2D eigenvalue weighted by atomic mass is 10.0. The molecule has 21 heavy (non-hydrogen) atoms. The normalized spacial score (nSPS) is 23.7. The second-order valence-corrected chi connectivity index (χ2v) is 5.58. The van der Waals surface area contributed by atoms with Gasteiger partial charge in [-0.25, -0.2) is 0 Å². The molecular formula is C16H22N2O3. The van der Waals surface area contributed by atoms with E-state index < -0.39 is 6.10 Å². The highest BCUT2D eigenvalue weighted by Crippen LogP contribution is 2.23. The van der Waals surface area contributed by atoms with Crippen LogP contribution in [-0.4, -0.2) is 53.6 Å². The fourth-order valence-corrected chi connectivity index (χ4v) is 2.80. The number of hydrogen-bond donors (Lipinski definition) is 2. The third-order valence-electron chi connectivity index (χ3n) is 4.07. The molecular weight excluding hydrogens is 268 g/mol. The molecule has 0 amide bonds. The van der Waals surface area contributed by atoms with Crippen molar-refractivity contribution in [3.63, 3.8) is 0 Å². The van der Waals surface area contributed by atoms with E-state index in [0.29, 0.717) is 23.8 Å². The van der Waals surface area contributed by atoms with Crippen LogP contribution < -0.4 is 4.74 Å². The van der Waals surface area contributed by atoms with Crippen LogP contribution in [0.25, 0.3) is 0 Å². The largest absolute Gasteiger partial charge is 0.489 e. The number of likely N-dealkylation sites (tertiary alicyclic amines) is 1. The Labute approximate surface area is 125 Å². The number of β-amino-alcohol motifs (C(OH)–C–C–N with tert-alkyl or cyclic N) is 1. The molecule has 3 atom stereocenters. The van der Waals surface area contributed by atoms with E-state index in [-0.39, 0.29) is 19.3 Å². The maximum absolute atomic E-state index is 10.1. The average Bonchev–Trinajstić information content (AvgIpc) is 2.85. The van der Waals surface area contributed by atoms with Gasteiger partial charge in [0.1, 0.15) is 24.5 Å². The van der Waals surface area contributed by atoms with Gasteiger partial charge in [0.25, 0.3) is 0 Å². The smallest absolute Gasteiger partial charge is 0.137 e. The molecule has 1 saturated heterocycles. The summed E-state index contributed by atoms with van der Waals surface area (Å²) >= 11 is 0. The van der Waals surface area contributed by atoms with Crippen molar-refractivity contribution in [2.75, 3.05) is 26.3 Å². The highest BCUT2D eigenvalue weighted by Gasteiger charge is 2.31. The Morgan fingerprint density at radius 3 is 2.95 bits per heavy atom. The Bertz CT molecular complexity index is 501. The lowest BCUT2D eigenvalue weighted by molar-refractivity contribution is 0.0481. The maximum atomic E-state index is 10.1. The first kappa shape index (κ1) is 15.8. The minimum atomic E-state index is -0.643. The summed E-state index contributed by atoms with van der Waals surface area (Å²) in [6.07, 6.45) is 0.395. The van der Waals surface area contributed by atoms with Crippen LogP contribution in [0.2, 0.25) is 0 Å². The summed E-state index contributed by atoms with van der Waals surface area (Å²) in [5, 5.41) is 28.5. The number of ether oxygens (including phenoxy) is 1. The summed E-state index contributed by atoms with van der Waals surface area (Å²) in [4.78, 5) is 2.11. The Morgan fingerprint density at radius 1 is 1.48 bits per heavy atom. The van der Waals surface area contributed by atoms with Gasteiger partial charge in [0.05, 0.1) is 12.2 Å². The molecule has 5 nitrogen and oxygen atoms in total. The van der Waals surface area contributed by atoms with Crippen molar-refractivity contribution in [2.45, 2.75) is 25.5 Å². The van der Waals surface area contributed by atoms with E-state index in [0.717, 1.165) is 13.0 Å². The monoisotopic (exact) mass is 290 g/mol. The lowest BCUT2D eigenvalue weighted by Crippen LogP contribution is -2.41. The van der Waals surface area contributed by atoms with Gasteiger partial charge in [-0.1, -0.05) is 19.1 Å². The first-order valence-electron chi connectivity index (χ1n) is 7.30. The summed E-state index contributed by atoms with van der Waals surface area (Å²) in [6.45, 7) is 3.74. The second-order valence-electron chi connectivity index (χ2n) is 5.58. The number of aliphatic hydroxyl groups is 2. The highest BCUT2D eigenvalue weighted by molar-refractivity contribution is 5.42. The maximum Gasteiger partial charge on any atom is 0.137 e. The van der Waals surface area contributed by atoms with Crippen molar-refractivity contribution in [2.24, 2.45) is 5.92 Å². The predicted octanol–water partition coefficient (Wildman–Crippen LogP) is 1.00. The standard InChI is InChI=1S/C16H22N2O3/c1-12-6-7-18(15(12)10-19)9-14(20)11-21-16-5-3-2-4-13(16)8-17/h2-5,12,14-15,19-20H,6-7,9-11H2,1H3. The van der Waals surface area contributed by atoms with Crippen molar-refractivity contribution in [1.29, 1.82) is 5.26 Å². The number of hydrogen-bond acceptors (Lipinski definition) is 5.